The van der Waals surface area contributed by atoms with Crippen molar-refractivity contribution in [3.05, 3.63) is 35.4 Å². The summed E-state index contributed by atoms with van der Waals surface area (Å²) in [4.78, 5) is 0. The van der Waals surface area contributed by atoms with E-state index in [-0.39, 0.29) is 0 Å². The number of aryl methyl sites for hydroxylation is 2. The molecule has 0 saturated carbocycles. The average Bonchev–Trinajstić information content (AvgIpc) is 2.49. The van der Waals surface area contributed by atoms with E-state index in [4.69, 9.17) is 17.5 Å². The van der Waals surface area contributed by atoms with E-state index in [1.807, 2.05) is 0 Å². The van der Waals surface area contributed by atoms with E-state index in [0.717, 1.165) is 0 Å². The number of hydrogen-bond acceptors (Lipinski definition) is 2. The predicted octanol–water partition coefficient (Wildman–Crippen LogP) is 5.81. The van der Waals surface area contributed by atoms with Gasteiger partial charge in [0.2, 0.25) is 0 Å². The molecule has 0 bridgehead atoms. The fourth-order valence-corrected chi connectivity index (χ4v) is 2.69. The molecule has 0 aliphatic rings. The highest BCUT2D eigenvalue weighted by molar-refractivity contribution is 7.79. The van der Waals surface area contributed by atoms with E-state index in [9.17, 15) is 0 Å². The molecule has 140 valence electrons. The second-order valence-electron chi connectivity index (χ2n) is 6.31. The largest absolute Gasteiger partial charge is 0.394 e. The van der Waals surface area contributed by atoms with E-state index in [2.05, 4.69) is 38.1 Å². The lowest BCUT2D eigenvalue weighted by Crippen LogP contribution is -1.89. The van der Waals surface area contributed by atoms with Crippen LogP contribution in [0.5, 0.6) is 0 Å². The Labute approximate surface area is 148 Å². The number of rotatable bonds is 11. The minimum Gasteiger partial charge on any atom is -0.264 e. The smallest absolute Gasteiger partial charge is 0.264 e. The lowest BCUT2D eigenvalue weighted by molar-refractivity contribution is 0.381. The molecule has 0 aromatic heterocycles. The zero-order valence-electron chi connectivity index (χ0n) is 15.2. The minimum absolute atomic E-state index is 1.27. The minimum atomic E-state index is -4.67. The Bertz CT molecular complexity index is 504. The lowest BCUT2D eigenvalue weighted by Gasteiger charge is -2.05. The van der Waals surface area contributed by atoms with Crippen LogP contribution in [0.2, 0.25) is 0 Å². The molecule has 0 saturated heterocycles. The first-order valence-electron chi connectivity index (χ1n) is 9.09. The average molecular weight is 359 g/mol. The molecule has 1 aromatic rings. The summed E-state index contributed by atoms with van der Waals surface area (Å²) < 4.78 is 31.6. The Hall–Kier alpha value is -0.910. The zero-order valence-corrected chi connectivity index (χ0v) is 16.0. The molecule has 1 aromatic carbocycles. The SMILES string of the molecule is CCCCCCCCCCCCc1ccccc1C.O=S(=O)(O)O. The molecule has 2 N–H and O–H groups in total. The highest BCUT2D eigenvalue weighted by Crippen LogP contribution is 2.14. The quantitative estimate of drug-likeness (QED) is 0.387. The van der Waals surface area contributed by atoms with Crippen molar-refractivity contribution in [2.75, 3.05) is 0 Å². The van der Waals surface area contributed by atoms with Crippen LogP contribution in [0.4, 0.5) is 0 Å². The van der Waals surface area contributed by atoms with Gasteiger partial charge in [-0.25, -0.2) is 0 Å². The van der Waals surface area contributed by atoms with Gasteiger partial charge in [-0.1, -0.05) is 89.0 Å². The molecule has 0 spiro atoms. The third-order valence-corrected chi connectivity index (χ3v) is 4.06. The zero-order chi connectivity index (χ0) is 18.3. The van der Waals surface area contributed by atoms with Crippen LogP contribution < -0.4 is 0 Å². The van der Waals surface area contributed by atoms with Gasteiger partial charge >= 0.3 is 10.4 Å². The molecule has 24 heavy (non-hydrogen) atoms. The van der Waals surface area contributed by atoms with Gasteiger partial charge in [-0.05, 0) is 30.9 Å². The van der Waals surface area contributed by atoms with Crippen LogP contribution in [0, 0.1) is 6.92 Å². The number of unbranched alkanes of at least 4 members (excludes halogenated alkanes) is 9. The molecule has 4 nitrogen and oxygen atoms in total. The fraction of sp³-hybridized carbons (Fsp3) is 0.684. The number of hydrogen-bond donors (Lipinski definition) is 2. The normalized spacial score (nSPS) is 11.0. The highest BCUT2D eigenvalue weighted by Gasteiger charge is 1.97. The Morgan fingerprint density at radius 1 is 0.792 bits per heavy atom. The maximum atomic E-state index is 8.74. The topological polar surface area (TPSA) is 74.6 Å². The summed E-state index contributed by atoms with van der Waals surface area (Å²) in [5.41, 5.74) is 3.00. The molecule has 5 heteroatoms. The summed E-state index contributed by atoms with van der Waals surface area (Å²) in [6.45, 7) is 4.51. The summed E-state index contributed by atoms with van der Waals surface area (Å²) >= 11 is 0. The van der Waals surface area contributed by atoms with Gasteiger partial charge in [0.1, 0.15) is 0 Å². The van der Waals surface area contributed by atoms with Crippen molar-refractivity contribution >= 4 is 10.4 Å². The molecule has 0 heterocycles. The maximum Gasteiger partial charge on any atom is 0.394 e. The fourth-order valence-electron chi connectivity index (χ4n) is 2.69. The molecule has 0 fully saturated rings. The van der Waals surface area contributed by atoms with E-state index >= 15 is 0 Å². The van der Waals surface area contributed by atoms with E-state index < -0.39 is 10.4 Å². The summed E-state index contributed by atoms with van der Waals surface area (Å²) in [6.07, 6.45) is 15.5. The van der Waals surface area contributed by atoms with Crippen molar-refractivity contribution in [3.63, 3.8) is 0 Å². The molecular weight excluding hydrogens is 324 g/mol. The van der Waals surface area contributed by atoms with Crippen molar-refractivity contribution in [3.8, 4) is 0 Å². The van der Waals surface area contributed by atoms with Crippen LogP contribution in [0.15, 0.2) is 24.3 Å². The van der Waals surface area contributed by atoms with Crippen LogP contribution in [-0.4, -0.2) is 17.5 Å². The first kappa shape index (κ1) is 23.1. The molecular formula is C19H34O4S. The van der Waals surface area contributed by atoms with Crippen molar-refractivity contribution in [2.45, 2.75) is 84.5 Å². The van der Waals surface area contributed by atoms with E-state index in [0.29, 0.717) is 0 Å². The van der Waals surface area contributed by atoms with Gasteiger partial charge in [0, 0.05) is 0 Å². The van der Waals surface area contributed by atoms with Gasteiger partial charge in [-0.15, -0.1) is 0 Å². The summed E-state index contributed by atoms with van der Waals surface area (Å²) in [6, 6.07) is 8.81. The van der Waals surface area contributed by atoms with Gasteiger partial charge < -0.3 is 0 Å². The predicted molar refractivity (Wildman–Crippen MR) is 101 cm³/mol. The van der Waals surface area contributed by atoms with E-state index in [1.165, 1.54) is 76.2 Å². The van der Waals surface area contributed by atoms with Gasteiger partial charge in [0.25, 0.3) is 0 Å². The van der Waals surface area contributed by atoms with Gasteiger partial charge in [-0.2, -0.15) is 8.42 Å². The van der Waals surface area contributed by atoms with Crippen molar-refractivity contribution in [1.29, 1.82) is 0 Å². The molecule has 0 amide bonds. The molecule has 0 aliphatic carbocycles. The van der Waals surface area contributed by atoms with Crippen molar-refractivity contribution in [2.24, 2.45) is 0 Å². The van der Waals surface area contributed by atoms with Crippen LogP contribution in [0.3, 0.4) is 0 Å². The summed E-state index contributed by atoms with van der Waals surface area (Å²) in [7, 11) is -4.67. The molecule has 0 unspecified atom stereocenters. The Kier molecular flexibility index (Phi) is 13.9. The Balaban J connectivity index is 0.000000922. The lowest BCUT2D eigenvalue weighted by atomic mass is 10.0. The third kappa shape index (κ3) is 17.4. The van der Waals surface area contributed by atoms with Crippen LogP contribution in [0.1, 0.15) is 82.3 Å². The first-order valence-corrected chi connectivity index (χ1v) is 10.5. The molecule has 1 rings (SSSR count). The Morgan fingerprint density at radius 3 is 1.67 bits per heavy atom. The first-order chi connectivity index (χ1) is 11.3. The standard InChI is InChI=1S/C19H32.H2O4S/c1-3-4-5-6-7-8-9-10-11-12-16-19-17-14-13-15-18(19)2;1-5(2,3)4/h13-15,17H,3-12,16H2,1-2H3;(H2,1,2,3,4). The van der Waals surface area contributed by atoms with Gasteiger partial charge in [0.15, 0.2) is 0 Å². The second-order valence-corrected chi connectivity index (χ2v) is 7.20. The van der Waals surface area contributed by atoms with Crippen LogP contribution in [-0.2, 0) is 16.8 Å². The summed E-state index contributed by atoms with van der Waals surface area (Å²) in [5, 5.41) is 0. The van der Waals surface area contributed by atoms with Gasteiger partial charge in [0.05, 0.1) is 0 Å². The molecule has 0 radical (unpaired) electrons. The monoisotopic (exact) mass is 358 g/mol. The number of benzene rings is 1. The summed E-state index contributed by atoms with van der Waals surface area (Å²) in [5.74, 6) is 0. The third-order valence-electron chi connectivity index (χ3n) is 4.06. The van der Waals surface area contributed by atoms with Crippen LogP contribution in [0.25, 0.3) is 0 Å². The van der Waals surface area contributed by atoms with Crippen LogP contribution >= 0.6 is 0 Å². The van der Waals surface area contributed by atoms with Crippen molar-refractivity contribution < 1.29 is 17.5 Å². The highest BCUT2D eigenvalue weighted by atomic mass is 32.3. The van der Waals surface area contributed by atoms with E-state index in [1.54, 1.807) is 5.56 Å². The molecule has 0 atom stereocenters. The Morgan fingerprint density at radius 2 is 1.21 bits per heavy atom. The van der Waals surface area contributed by atoms with Gasteiger partial charge in [-0.3, -0.25) is 9.11 Å². The van der Waals surface area contributed by atoms with Crippen molar-refractivity contribution in [1.82, 2.24) is 0 Å². The maximum absolute atomic E-state index is 8.74. The molecule has 0 aliphatic heterocycles. The second kappa shape index (κ2) is 14.4.